The van der Waals surface area contributed by atoms with Crippen LogP contribution >= 0.6 is 12.2 Å². The summed E-state index contributed by atoms with van der Waals surface area (Å²) in [5.41, 5.74) is 6.07. The van der Waals surface area contributed by atoms with Gasteiger partial charge in [0.2, 0.25) is 0 Å². The van der Waals surface area contributed by atoms with Gasteiger partial charge in [-0.2, -0.15) is 0 Å². The first-order chi connectivity index (χ1) is 6.63. The van der Waals surface area contributed by atoms with Crippen LogP contribution in [0.25, 0.3) is 6.08 Å². The zero-order chi connectivity index (χ0) is 10.6. The highest BCUT2D eigenvalue weighted by atomic mass is 32.1. The Bertz CT molecular complexity index is 376. The summed E-state index contributed by atoms with van der Waals surface area (Å²) in [6, 6.07) is 4.52. The number of halogens is 1. The number of nitrogens with two attached hydrogens (primary N) is 1. The van der Waals surface area contributed by atoms with Crippen LogP contribution < -0.4 is 10.5 Å². The smallest absolute Gasteiger partial charge is 0.165 e. The highest BCUT2D eigenvalue weighted by molar-refractivity contribution is 7.80. The van der Waals surface area contributed by atoms with Crippen LogP contribution in [0.5, 0.6) is 5.75 Å². The Hall–Kier alpha value is -1.42. The minimum Gasteiger partial charge on any atom is -0.494 e. The Morgan fingerprint density at radius 3 is 2.86 bits per heavy atom. The fourth-order valence-electron chi connectivity index (χ4n) is 0.958. The van der Waals surface area contributed by atoms with E-state index < -0.39 is 0 Å². The summed E-state index contributed by atoms with van der Waals surface area (Å²) in [5.74, 6) is -0.185. The number of ether oxygens (including phenoxy) is 1. The molecule has 0 aliphatic heterocycles. The van der Waals surface area contributed by atoms with Crippen molar-refractivity contribution in [1.29, 1.82) is 0 Å². The zero-order valence-electron chi connectivity index (χ0n) is 7.66. The van der Waals surface area contributed by atoms with Gasteiger partial charge in [0.25, 0.3) is 0 Å². The largest absolute Gasteiger partial charge is 0.494 e. The molecule has 0 unspecified atom stereocenters. The summed E-state index contributed by atoms with van der Waals surface area (Å²) < 4.78 is 17.8. The van der Waals surface area contributed by atoms with E-state index in [0.29, 0.717) is 0 Å². The molecule has 14 heavy (non-hydrogen) atoms. The minimum atomic E-state index is -0.389. The van der Waals surface area contributed by atoms with E-state index >= 15 is 0 Å². The molecule has 0 spiro atoms. The van der Waals surface area contributed by atoms with Gasteiger partial charge in [0, 0.05) is 0 Å². The maximum absolute atomic E-state index is 13.0. The van der Waals surface area contributed by atoms with Crippen molar-refractivity contribution in [2.75, 3.05) is 7.11 Å². The van der Waals surface area contributed by atoms with Gasteiger partial charge >= 0.3 is 0 Å². The molecule has 0 radical (unpaired) electrons. The zero-order valence-corrected chi connectivity index (χ0v) is 8.48. The van der Waals surface area contributed by atoms with Crippen LogP contribution in [0.4, 0.5) is 4.39 Å². The van der Waals surface area contributed by atoms with Gasteiger partial charge in [-0.05, 0) is 23.8 Å². The van der Waals surface area contributed by atoms with Crippen molar-refractivity contribution in [3.05, 3.63) is 35.7 Å². The molecule has 0 heterocycles. The lowest BCUT2D eigenvalue weighted by Crippen LogP contribution is -2.01. The summed E-state index contributed by atoms with van der Waals surface area (Å²) in [5, 5.41) is 0. The third-order valence-corrected chi connectivity index (χ3v) is 1.75. The number of methoxy groups -OCH3 is 1. The molecule has 2 nitrogen and oxygen atoms in total. The van der Waals surface area contributed by atoms with E-state index in [1.807, 2.05) is 0 Å². The minimum absolute atomic E-state index is 0.204. The monoisotopic (exact) mass is 211 g/mol. The Morgan fingerprint density at radius 2 is 2.29 bits per heavy atom. The number of thiocarbonyl (C=S) groups is 1. The van der Waals surface area contributed by atoms with Crippen molar-refractivity contribution in [1.82, 2.24) is 0 Å². The second kappa shape index (κ2) is 4.72. The molecule has 1 aromatic rings. The predicted molar refractivity (Wildman–Crippen MR) is 58.8 cm³/mol. The van der Waals surface area contributed by atoms with Gasteiger partial charge in [-0.25, -0.2) is 4.39 Å². The summed E-state index contributed by atoms with van der Waals surface area (Å²) >= 11 is 4.67. The first-order valence-electron chi connectivity index (χ1n) is 3.94. The number of hydrogen-bond acceptors (Lipinski definition) is 2. The van der Waals surface area contributed by atoms with Gasteiger partial charge in [0.15, 0.2) is 11.6 Å². The average molecular weight is 211 g/mol. The van der Waals surface area contributed by atoms with Crippen molar-refractivity contribution in [2.45, 2.75) is 0 Å². The lowest BCUT2D eigenvalue weighted by atomic mass is 10.2. The number of hydrogen-bond donors (Lipinski definition) is 1. The molecule has 74 valence electrons. The second-order valence-electron chi connectivity index (χ2n) is 2.63. The van der Waals surface area contributed by atoms with Gasteiger partial charge in [-0.1, -0.05) is 24.4 Å². The third-order valence-electron chi connectivity index (χ3n) is 1.62. The van der Waals surface area contributed by atoms with Crippen molar-refractivity contribution >= 4 is 23.3 Å². The lowest BCUT2D eigenvalue weighted by molar-refractivity contribution is 0.386. The summed E-state index contributed by atoms with van der Waals surface area (Å²) in [6.07, 6.45) is 3.27. The van der Waals surface area contributed by atoms with Crippen molar-refractivity contribution in [3.63, 3.8) is 0 Å². The van der Waals surface area contributed by atoms with Crippen molar-refractivity contribution < 1.29 is 9.13 Å². The summed E-state index contributed by atoms with van der Waals surface area (Å²) in [6.45, 7) is 0. The fraction of sp³-hybridized carbons (Fsp3) is 0.100. The molecule has 4 heteroatoms. The second-order valence-corrected chi connectivity index (χ2v) is 3.10. The first kappa shape index (κ1) is 10.7. The molecule has 0 amide bonds. The molecular formula is C10H10FNOS. The van der Waals surface area contributed by atoms with E-state index in [1.165, 1.54) is 13.2 Å². The van der Waals surface area contributed by atoms with Crippen molar-refractivity contribution in [2.24, 2.45) is 5.73 Å². The maximum atomic E-state index is 13.0. The van der Waals surface area contributed by atoms with Crippen LogP contribution in [0.2, 0.25) is 0 Å². The molecule has 2 N–H and O–H groups in total. The fourth-order valence-corrected chi connectivity index (χ4v) is 1.03. The molecule has 0 atom stereocenters. The van der Waals surface area contributed by atoms with Gasteiger partial charge in [0.1, 0.15) is 0 Å². The van der Waals surface area contributed by atoms with Crippen LogP contribution in [-0.2, 0) is 0 Å². The predicted octanol–water partition coefficient (Wildman–Crippen LogP) is 2.13. The molecular weight excluding hydrogens is 201 g/mol. The topological polar surface area (TPSA) is 35.2 Å². The molecule has 0 aromatic heterocycles. The Balaban J connectivity index is 2.95. The third kappa shape index (κ3) is 2.81. The van der Waals surface area contributed by atoms with Crippen LogP contribution in [0.3, 0.4) is 0 Å². The molecule has 0 bridgehead atoms. The Labute approximate surface area is 87.2 Å². The van der Waals surface area contributed by atoms with E-state index in [-0.39, 0.29) is 16.6 Å². The number of benzene rings is 1. The molecule has 0 saturated heterocycles. The van der Waals surface area contributed by atoms with Gasteiger partial charge in [-0.3, -0.25) is 0 Å². The summed E-state index contributed by atoms with van der Waals surface area (Å²) in [4.78, 5) is 0.285. The van der Waals surface area contributed by atoms with Gasteiger partial charge < -0.3 is 10.5 Å². The molecule has 0 fully saturated rings. The van der Waals surface area contributed by atoms with Gasteiger partial charge in [0.05, 0.1) is 12.1 Å². The van der Waals surface area contributed by atoms with Gasteiger partial charge in [-0.15, -0.1) is 0 Å². The van der Waals surface area contributed by atoms with Crippen molar-refractivity contribution in [3.8, 4) is 5.75 Å². The van der Waals surface area contributed by atoms with E-state index in [2.05, 4.69) is 12.2 Å². The van der Waals surface area contributed by atoms with E-state index in [4.69, 9.17) is 10.5 Å². The SMILES string of the molecule is COc1cc(/C=C/C(N)=S)ccc1F. The van der Waals surface area contributed by atoms with E-state index in [1.54, 1.807) is 24.3 Å². The highest BCUT2D eigenvalue weighted by Gasteiger charge is 2.00. The molecule has 1 rings (SSSR count). The van der Waals surface area contributed by atoms with Crippen LogP contribution in [-0.4, -0.2) is 12.1 Å². The van der Waals surface area contributed by atoms with Crippen LogP contribution in [0.15, 0.2) is 24.3 Å². The standard InChI is InChI=1S/C10H10FNOS/c1-13-9-6-7(2-4-8(9)11)3-5-10(12)14/h2-6H,1H3,(H2,12,14)/b5-3+. The van der Waals surface area contributed by atoms with Crippen LogP contribution in [0, 0.1) is 5.82 Å². The summed E-state index contributed by atoms with van der Waals surface area (Å²) in [7, 11) is 1.42. The van der Waals surface area contributed by atoms with E-state index in [0.717, 1.165) is 5.56 Å². The molecule has 0 aliphatic carbocycles. The Kier molecular flexibility index (Phi) is 3.59. The maximum Gasteiger partial charge on any atom is 0.165 e. The van der Waals surface area contributed by atoms with E-state index in [9.17, 15) is 4.39 Å². The molecule has 1 aromatic carbocycles. The first-order valence-corrected chi connectivity index (χ1v) is 4.35. The highest BCUT2D eigenvalue weighted by Crippen LogP contribution is 2.18. The Morgan fingerprint density at radius 1 is 1.57 bits per heavy atom. The quantitative estimate of drug-likeness (QED) is 0.614. The number of rotatable bonds is 3. The average Bonchev–Trinajstić information content (AvgIpc) is 2.16. The molecule has 0 saturated carbocycles. The normalized spacial score (nSPS) is 10.4. The van der Waals surface area contributed by atoms with Crippen LogP contribution in [0.1, 0.15) is 5.56 Å². The molecule has 0 aliphatic rings. The lowest BCUT2D eigenvalue weighted by Gasteiger charge is -2.02.